The van der Waals surface area contributed by atoms with Crippen LogP contribution < -0.4 is 0 Å². The Labute approximate surface area is 274 Å². The minimum Gasteiger partial charge on any atom is -0.208 e. The summed E-state index contributed by atoms with van der Waals surface area (Å²) in [6.07, 6.45) is 0. The van der Waals surface area contributed by atoms with Gasteiger partial charge in [-0.2, -0.15) is 0 Å². The van der Waals surface area contributed by atoms with Crippen LogP contribution in [0.3, 0.4) is 0 Å². The lowest BCUT2D eigenvalue weighted by Crippen LogP contribution is -2.01. The third-order valence-corrected chi connectivity index (χ3v) is 10.5. The average Bonchev–Trinajstić information content (AvgIpc) is 3.53. The maximum Gasteiger partial charge on any atom is 0.165 e. The van der Waals surface area contributed by atoms with Crippen LogP contribution in [-0.2, 0) is 0 Å². The molecule has 0 unspecified atom stereocenters. The number of rotatable bonds is 3. The average molecular weight is 616 g/mol. The first-order valence-electron chi connectivity index (χ1n) is 15.8. The van der Waals surface area contributed by atoms with Gasteiger partial charge in [0.15, 0.2) is 17.5 Å². The van der Waals surface area contributed by atoms with E-state index in [1.54, 1.807) is 11.3 Å². The van der Waals surface area contributed by atoms with Crippen molar-refractivity contribution in [2.45, 2.75) is 0 Å². The van der Waals surface area contributed by atoms with Crippen LogP contribution in [0.2, 0.25) is 0 Å². The molecule has 2 heterocycles. The van der Waals surface area contributed by atoms with Crippen molar-refractivity contribution in [3.8, 4) is 34.2 Å². The third kappa shape index (κ3) is 4.02. The molecule has 0 N–H and O–H groups in total. The van der Waals surface area contributed by atoms with E-state index in [9.17, 15) is 0 Å². The van der Waals surface area contributed by atoms with Gasteiger partial charge in [-0.15, -0.1) is 11.3 Å². The van der Waals surface area contributed by atoms with Crippen molar-refractivity contribution >= 4 is 74.6 Å². The highest BCUT2D eigenvalue weighted by Crippen LogP contribution is 2.43. The van der Waals surface area contributed by atoms with E-state index in [0.29, 0.717) is 17.5 Å². The van der Waals surface area contributed by atoms with Crippen molar-refractivity contribution in [1.29, 1.82) is 0 Å². The van der Waals surface area contributed by atoms with E-state index >= 15 is 0 Å². The van der Waals surface area contributed by atoms with Gasteiger partial charge in [0.2, 0.25) is 0 Å². The Balaban J connectivity index is 1.33. The molecule has 218 valence electrons. The molecule has 0 saturated heterocycles. The first-order chi connectivity index (χ1) is 23.3. The van der Waals surface area contributed by atoms with Crippen LogP contribution in [0, 0.1) is 0 Å². The van der Waals surface area contributed by atoms with Gasteiger partial charge in [0.05, 0.1) is 0 Å². The highest BCUT2D eigenvalue weighted by molar-refractivity contribution is 7.26. The summed E-state index contributed by atoms with van der Waals surface area (Å²) < 4.78 is 2.44. The van der Waals surface area contributed by atoms with E-state index in [4.69, 9.17) is 15.0 Å². The molecular formula is C43H25N3S. The molecule has 0 atom stereocenters. The van der Waals surface area contributed by atoms with Crippen molar-refractivity contribution < 1.29 is 0 Å². The maximum atomic E-state index is 5.30. The van der Waals surface area contributed by atoms with Crippen molar-refractivity contribution in [3.63, 3.8) is 0 Å². The summed E-state index contributed by atoms with van der Waals surface area (Å²) in [6, 6.07) is 53.7. The fraction of sp³-hybridized carbons (Fsp3) is 0. The molecule has 0 aliphatic rings. The molecule has 10 rings (SSSR count). The van der Waals surface area contributed by atoms with Crippen molar-refractivity contribution in [1.82, 2.24) is 15.0 Å². The predicted molar refractivity (Wildman–Crippen MR) is 199 cm³/mol. The van der Waals surface area contributed by atoms with Gasteiger partial charge in [-0.1, -0.05) is 133 Å². The fourth-order valence-electron chi connectivity index (χ4n) is 7.21. The van der Waals surface area contributed by atoms with Gasteiger partial charge in [0.25, 0.3) is 0 Å². The molecule has 0 bridgehead atoms. The molecule has 8 aromatic carbocycles. The second kappa shape index (κ2) is 10.3. The highest BCUT2D eigenvalue weighted by Gasteiger charge is 2.20. The normalized spacial score (nSPS) is 11.8. The standard InChI is InChI=1S/C43H25N3S/c1-2-13-26(14-3-1)41-44-42(35-23-12-22-34-31-19-10-11-24-38(31)47-40(34)35)46-43(45-41)37-25-36-29-17-5-4-15-27(29)28-16-6-8-20-32(28)39(36)33-21-9-7-18-30(33)37/h1-25H. The minimum atomic E-state index is 0.663. The van der Waals surface area contributed by atoms with Gasteiger partial charge in [-0.25, -0.2) is 15.0 Å². The molecule has 0 saturated carbocycles. The summed E-state index contributed by atoms with van der Waals surface area (Å²) in [5.41, 5.74) is 2.98. The molecule has 0 amide bonds. The van der Waals surface area contributed by atoms with Crippen molar-refractivity contribution in [2.24, 2.45) is 0 Å². The van der Waals surface area contributed by atoms with Gasteiger partial charge in [-0.3, -0.25) is 0 Å². The summed E-state index contributed by atoms with van der Waals surface area (Å²) >= 11 is 1.79. The number of hydrogen-bond donors (Lipinski definition) is 0. The molecule has 0 spiro atoms. The minimum absolute atomic E-state index is 0.663. The zero-order valence-electron chi connectivity index (χ0n) is 25.2. The van der Waals surface area contributed by atoms with Gasteiger partial charge in [-0.05, 0) is 61.3 Å². The first kappa shape index (κ1) is 26.3. The quantitative estimate of drug-likeness (QED) is 0.186. The van der Waals surface area contributed by atoms with E-state index in [1.807, 2.05) is 18.2 Å². The van der Waals surface area contributed by atoms with Gasteiger partial charge in [0, 0.05) is 36.9 Å². The Morgan fingerprint density at radius 3 is 1.60 bits per heavy atom. The molecule has 0 fully saturated rings. The van der Waals surface area contributed by atoms with Gasteiger partial charge in [0.1, 0.15) is 0 Å². The zero-order valence-corrected chi connectivity index (χ0v) is 26.0. The van der Waals surface area contributed by atoms with Gasteiger partial charge < -0.3 is 0 Å². The van der Waals surface area contributed by atoms with E-state index in [-0.39, 0.29) is 0 Å². The smallest absolute Gasteiger partial charge is 0.165 e. The number of nitrogens with zero attached hydrogens (tertiary/aromatic N) is 3. The maximum absolute atomic E-state index is 5.30. The number of benzene rings is 8. The Kier molecular flexibility index (Phi) is 5.74. The Bertz CT molecular complexity index is 2850. The molecule has 0 radical (unpaired) electrons. The molecular weight excluding hydrogens is 591 g/mol. The molecule has 47 heavy (non-hydrogen) atoms. The van der Waals surface area contributed by atoms with E-state index in [1.165, 1.54) is 57.9 Å². The van der Waals surface area contributed by atoms with Crippen molar-refractivity contribution in [2.75, 3.05) is 0 Å². The zero-order chi connectivity index (χ0) is 30.9. The lowest BCUT2D eigenvalue weighted by atomic mass is 9.89. The SMILES string of the molecule is c1ccc(-c2nc(-c3cc4c5ccccc5c5ccccc5c4c4ccccc34)nc(-c3cccc4c3sc3ccccc34)n2)cc1. The first-order valence-corrected chi connectivity index (χ1v) is 16.6. The van der Waals surface area contributed by atoms with Gasteiger partial charge >= 0.3 is 0 Å². The number of fused-ring (bicyclic) bond motifs is 11. The van der Waals surface area contributed by atoms with Crippen LogP contribution in [0.5, 0.6) is 0 Å². The van der Waals surface area contributed by atoms with Crippen LogP contribution in [0.4, 0.5) is 0 Å². The van der Waals surface area contributed by atoms with Crippen LogP contribution in [0.25, 0.3) is 97.4 Å². The summed E-state index contributed by atoms with van der Waals surface area (Å²) in [4.78, 5) is 15.6. The summed E-state index contributed by atoms with van der Waals surface area (Å²) in [7, 11) is 0. The Hall–Kier alpha value is -5.97. The monoisotopic (exact) mass is 615 g/mol. The van der Waals surface area contributed by atoms with Crippen LogP contribution in [-0.4, -0.2) is 15.0 Å². The molecule has 3 nitrogen and oxygen atoms in total. The molecule has 4 heteroatoms. The van der Waals surface area contributed by atoms with Crippen LogP contribution in [0.15, 0.2) is 152 Å². The largest absolute Gasteiger partial charge is 0.208 e. The molecule has 0 aliphatic heterocycles. The van der Waals surface area contributed by atoms with Crippen LogP contribution >= 0.6 is 11.3 Å². The van der Waals surface area contributed by atoms with E-state index < -0.39 is 0 Å². The third-order valence-electron chi connectivity index (χ3n) is 9.30. The van der Waals surface area contributed by atoms with E-state index in [2.05, 4.69) is 133 Å². The molecule has 10 aromatic rings. The number of aromatic nitrogens is 3. The Morgan fingerprint density at radius 1 is 0.340 bits per heavy atom. The summed E-state index contributed by atoms with van der Waals surface area (Å²) in [6.45, 7) is 0. The molecule has 2 aromatic heterocycles. The van der Waals surface area contributed by atoms with Crippen molar-refractivity contribution in [3.05, 3.63) is 152 Å². The number of thiophene rings is 1. The topological polar surface area (TPSA) is 38.7 Å². The Morgan fingerprint density at radius 2 is 0.851 bits per heavy atom. The lowest BCUT2D eigenvalue weighted by Gasteiger charge is -2.16. The second-order valence-electron chi connectivity index (χ2n) is 11.9. The molecule has 0 aliphatic carbocycles. The predicted octanol–water partition coefficient (Wildman–Crippen LogP) is 11.9. The second-order valence-corrected chi connectivity index (χ2v) is 13.0. The van der Waals surface area contributed by atoms with Crippen LogP contribution in [0.1, 0.15) is 0 Å². The fourth-order valence-corrected chi connectivity index (χ4v) is 8.42. The lowest BCUT2D eigenvalue weighted by molar-refractivity contribution is 1.08. The highest BCUT2D eigenvalue weighted by atomic mass is 32.1. The summed E-state index contributed by atoms with van der Waals surface area (Å²) in [5.74, 6) is 2.01. The number of hydrogen-bond acceptors (Lipinski definition) is 4. The summed E-state index contributed by atoms with van der Waals surface area (Å²) in [5, 5.41) is 12.2. The van der Waals surface area contributed by atoms with E-state index in [0.717, 1.165) is 22.1 Å².